The average molecular weight is 581 g/mol. The first-order valence-corrected chi connectivity index (χ1v) is 15.2. The first kappa shape index (κ1) is 28.5. The summed E-state index contributed by atoms with van der Waals surface area (Å²) in [6.07, 6.45) is 1.62. The molecule has 8 heteroatoms. The molecule has 42 heavy (non-hydrogen) atoms. The highest BCUT2D eigenvalue weighted by Crippen LogP contribution is 2.35. The van der Waals surface area contributed by atoms with E-state index in [1.54, 1.807) is 0 Å². The quantitative estimate of drug-likeness (QED) is 0.245. The van der Waals surface area contributed by atoms with Crippen LogP contribution in [0.3, 0.4) is 0 Å². The Bertz CT molecular complexity index is 1600. The Balaban J connectivity index is 1.40. The van der Waals surface area contributed by atoms with Crippen molar-refractivity contribution in [1.82, 2.24) is 24.6 Å². The van der Waals surface area contributed by atoms with Crippen molar-refractivity contribution in [1.29, 1.82) is 0 Å². The summed E-state index contributed by atoms with van der Waals surface area (Å²) in [7, 11) is 2.19. The fourth-order valence-electron chi connectivity index (χ4n) is 5.91. The standard InChI is InChI=1S/C34H37ClN6O/c1-4-5-29(42)21-31-34-38-37-23(2)41(34)32-15-12-27(20-30(32)33(36-31)26-10-13-28(35)14-11-26)25-8-6-24(7-9-25)22-40-18-16-39(3)17-19-40/h6-15,20,31H,4-5,16-19,21-22H2,1-3H3/t31-/m0/s1. The molecular weight excluding hydrogens is 544 g/mol. The minimum atomic E-state index is -0.430. The number of aromatic nitrogens is 3. The third-order valence-electron chi connectivity index (χ3n) is 8.28. The first-order chi connectivity index (χ1) is 20.4. The number of Topliss-reactive ketones (excluding diaryl/α,β-unsaturated/α-hetero) is 1. The number of hydrogen-bond acceptors (Lipinski definition) is 6. The first-order valence-electron chi connectivity index (χ1n) is 14.8. The van der Waals surface area contributed by atoms with Crippen LogP contribution in [-0.2, 0) is 11.3 Å². The number of rotatable bonds is 8. The van der Waals surface area contributed by atoms with E-state index in [9.17, 15) is 4.79 Å². The van der Waals surface area contributed by atoms with Crippen LogP contribution >= 0.6 is 11.6 Å². The molecule has 3 aromatic carbocycles. The Labute approximate surface area is 252 Å². The van der Waals surface area contributed by atoms with Crippen LogP contribution in [0.25, 0.3) is 16.8 Å². The third kappa shape index (κ3) is 5.95. The monoisotopic (exact) mass is 580 g/mol. The lowest BCUT2D eigenvalue weighted by atomic mass is 9.95. The van der Waals surface area contributed by atoms with E-state index in [1.807, 2.05) is 38.1 Å². The maximum atomic E-state index is 12.9. The van der Waals surface area contributed by atoms with Gasteiger partial charge in [0.25, 0.3) is 0 Å². The Hall–Kier alpha value is -3.65. The van der Waals surface area contributed by atoms with Gasteiger partial charge in [-0.2, -0.15) is 0 Å². The summed E-state index contributed by atoms with van der Waals surface area (Å²) in [6, 6.07) is 22.7. The zero-order chi connectivity index (χ0) is 29.2. The maximum absolute atomic E-state index is 12.9. The van der Waals surface area contributed by atoms with Crippen LogP contribution in [0, 0.1) is 6.92 Å². The van der Waals surface area contributed by atoms with E-state index >= 15 is 0 Å². The molecule has 0 unspecified atom stereocenters. The predicted molar refractivity (Wildman–Crippen MR) is 169 cm³/mol. The second-order valence-electron chi connectivity index (χ2n) is 11.4. The molecule has 216 valence electrons. The van der Waals surface area contributed by atoms with E-state index in [0.717, 1.165) is 78.6 Å². The van der Waals surface area contributed by atoms with Gasteiger partial charge >= 0.3 is 0 Å². The van der Waals surface area contributed by atoms with Gasteiger partial charge in [-0.1, -0.05) is 61.0 Å². The van der Waals surface area contributed by atoms with E-state index in [0.29, 0.717) is 23.7 Å². The predicted octanol–water partition coefficient (Wildman–Crippen LogP) is 6.29. The molecule has 0 bridgehead atoms. The molecule has 2 aliphatic heterocycles. The Morgan fingerprint density at radius 2 is 1.60 bits per heavy atom. The molecular formula is C34H37ClN6O. The number of ketones is 1. The highest BCUT2D eigenvalue weighted by molar-refractivity contribution is 6.30. The number of piperazine rings is 1. The van der Waals surface area contributed by atoms with Crippen LogP contribution in [0.5, 0.6) is 0 Å². The number of carbonyl (C=O) groups excluding carboxylic acids is 1. The van der Waals surface area contributed by atoms with Gasteiger partial charge in [-0.25, -0.2) is 0 Å². The van der Waals surface area contributed by atoms with E-state index < -0.39 is 6.04 Å². The van der Waals surface area contributed by atoms with Crippen LogP contribution in [0.15, 0.2) is 71.7 Å². The van der Waals surface area contributed by atoms with Gasteiger partial charge in [0.15, 0.2) is 5.82 Å². The summed E-state index contributed by atoms with van der Waals surface area (Å²) in [5.41, 5.74) is 7.29. The van der Waals surface area contributed by atoms with Crippen molar-refractivity contribution in [2.24, 2.45) is 4.99 Å². The number of likely N-dealkylation sites (N-methyl/N-ethyl adjacent to an activating group) is 1. The van der Waals surface area contributed by atoms with E-state index in [1.165, 1.54) is 5.56 Å². The third-order valence-corrected chi connectivity index (χ3v) is 8.53. The number of fused-ring (bicyclic) bond motifs is 3. The van der Waals surface area contributed by atoms with E-state index in [-0.39, 0.29) is 5.78 Å². The van der Waals surface area contributed by atoms with Gasteiger partial charge in [0, 0.05) is 61.7 Å². The number of nitrogens with zero attached hydrogens (tertiary/aromatic N) is 6. The lowest BCUT2D eigenvalue weighted by Crippen LogP contribution is -2.43. The summed E-state index contributed by atoms with van der Waals surface area (Å²) in [4.78, 5) is 23.0. The zero-order valence-corrected chi connectivity index (χ0v) is 25.3. The molecule has 0 spiro atoms. The molecule has 0 saturated carbocycles. The summed E-state index contributed by atoms with van der Waals surface area (Å²) in [6.45, 7) is 9.39. The van der Waals surface area contributed by atoms with Gasteiger partial charge in [-0.05, 0) is 61.3 Å². The number of halogens is 1. The largest absolute Gasteiger partial charge is 0.304 e. The molecule has 1 atom stereocenters. The van der Waals surface area contributed by atoms with Crippen molar-refractivity contribution in [2.45, 2.75) is 45.7 Å². The van der Waals surface area contributed by atoms with Crippen molar-refractivity contribution in [3.63, 3.8) is 0 Å². The smallest absolute Gasteiger partial charge is 0.162 e. The van der Waals surface area contributed by atoms with Crippen molar-refractivity contribution in [3.05, 3.63) is 100 Å². The van der Waals surface area contributed by atoms with Crippen molar-refractivity contribution in [3.8, 4) is 16.8 Å². The molecule has 3 heterocycles. The van der Waals surface area contributed by atoms with Crippen LogP contribution in [-0.4, -0.2) is 69.3 Å². The lowest BCUT2D eigenvalue weighted by Gasteiger charge is -2.32. The Morgan fingerprint density at radius 3 is 2.31 bits per heavy atom. The fraction of sp³-hybridized carbons (Fsp3) is 0.353. The van der Waals surface area contributed by atoms with Crippen LogP contribution < -0.4 is 0 Å². The summed E-state index contributed by atoms with van der Waals surface area (Å²) >= 11 is 6.27. The van der Waals surface area contributed by atoms with Crippen LogP contribution in [0.2, 0.25) is 5.02 Å². The molecule has 7 nitrogen and oxygen atoms in total. The van der Waals surface area contributed by atoms with Crippen molar-refractivity contribution in [2.75, 3.05) is 33.2 Å². The number of aryl methyl sites for hydroxylation is 1. The molecule has 0 aliphatic carbocycles. The molecule has 2 aliphatic rings. The van der Waals surface area contributed by atoms with Gasteiger partial charge in [0.1, 0.15) is 17.6 Å². The minimum Gasteiger partial charge on any atom is -0.304 e. The SMILES string of the molecule is CCCC(=O)C[C@@H]1N=C(c2ccc(Cl)cc2)c2cc(-c3ccc(CN4CCN(C)CC4)cc3)ccc2-n2c(C)nnc21. The second kappa shape index (κ2) is 12.3. The fourth-order valence-corrected chi connectivity index (χ4v) is 6.04. The molecule has 1 aromatic heterocycles. The van der Waals surface area contributed by atoms with Gasteiger partial charge in [0.2, 0.25) is 0 Å². The van der Waals surface area contributed by atoms with Crippen LogP contribution in [0.4, 0.5) is 0 Å². The molecule has 1 fully saturated rings. The highest BCUT2D eigenvalue weighted by atomic mass is 35.5. The molecule has 6 rings (SSSR count). The van der Waals surface area contributed by atoms with E-state index in [4.69, 9.17) is 16.6 Å². The van der Waals surface area contributed by atoms with Gasteiger partial charge in [-0.3, -0.25) is 19.3 Å². The summed E-state index contributed by atoms with van der Waals surface area (Å²) in [5, 5.41) is 9.59. The van der Waals surface area contributed by atoms with Gasteiger partial charge in [-0.15, -0.1) is 10.2 Å². The van der Waals surface area contributed by atoms with Crippen molar-refractivity contribution < 1.29 is 4.79 Å². The normalized spacial score (nSPS) is 17.3. The molecule has 0 N–H and O–H groups in total. The number of benzene rings is 3. The second-order valence-corrected chi connectivity index (χ2v) is 11.9. The molecule has 1 saturated heterocycles. The molecule has 4 aromatic rings. The molecule has 0 radical (unpaired) electrons. The average Bonchev–Trinajstić information content (AvgIpc) is 3.32. The van der Waals surface area contributed by atoms with Gasteiger partial charge in [0.05, 0.1) is 11.4 Å². The molecule has 0 amide bonds. The number of hydrogen-bond donors (Lipinski definition) is 0. The Kier molecular flexibility index (Phi) is 8.34. The zero-order valence-electron chi connectivity index (χ0n) is 24.6. The van der Waals surface area contributed by atoms with Crippen LogP contribution in [0.1, 0.15) is 60.6 Å². The minimum absolute atomic E-state index is 0.178. The number of carbonyl (C=O) groups is 1. The maximum Gasteiger partial charge on any atom is 0.162 e. The summed E-state index contributed by atoms with van der Waals surface area (Å²) in [5.74, 6) is 1.65. The topological polar surface area (TPSA) is 66.6 Å². The highest BCUT2D eigenvalue weighted by Gasteiger charge is 2.29. The summed E-state index contributed by atoms with van der Waals surface area (Å²) < 4.78 is 2.06. The van der Waals surface area contributed by atoms with Crippen molar-refractivity contribution >= 4 is 23.1 Å². The van der Waals surface area contributed by atoms with Gasteiger partial charge < -0.3 is 4.90 Å². The van der Waals surface area contributed by atoms with E-state index in [2.05, 4.69) is 74.1 Å². The lowest BCUT2D eigenvalue weighted by molar-refractivity contribution is -0.119. The Morgan fingerprint density at radius 1 is 0.905 bits per heavy atom. The number of aliphatic imine (C=N–C) groups is 1.